The number of carbonyl (C=O) groups is 2. The van der Waals surface area contributed by atoms with Gasteiger partial charge in [0, 0.05) is 0 Å². The number of hydrogen-bond acceptors (Lipinski definition) is 5. The molecule has 2 heterocycles. The summed E-state index contributed by atoms with van der Waals surface area (Å²) in [6, 6.07) is 7.34. The van der Waals surface area contributed by atoms with E-state index in [9.17, 15) is 19.5 Å². The third-order valence-electron chi connectivity index (χ3n) is 4.85. The van der Waals surface area contributed by atoms with Crippen LogP contribution in [-0.2, 0) is 16.1 Å². The Morgan fingerprint density at radius 1 is 1.23 bits per heavy atom. The van der Waals surface area contributed by atoms with Crippen molar-refractivity contribution in [2.24, 2.45) is 5.92 Å². The van der Waals surface area contributed by atoms with Gasteiger partial charge in [-0.2, -0.15) is 0 Å². The molecule has 4 rings (SSSR count). The maximum atomic E-state index is 12.5. The summed E-state index contributed by atoms with van der Waals surface area (Å²) in [5.74, 6) is -1.90. The number of thiazole rings is 1. The van der Waals surface area contributed by atoms with Gasteiger partial charge in [-0.3, -0.25) is 19.0 Å². The van der Waals surface area contributed by atoms with Gasteiger partial charge in [0.2, 0.25) is 5.91 Å². The highest BCUT2D eigenvalue weighted by molar-refractivity contribution is 8.04. The monoisotopic (exact) mass is 390 g/mol. The lowest BCUT2D eigenvalue weighted by molar-refractivity contribution is -0.140. The maximum Gasteiger partial charge on any atom is 0.313 e. The number of carboxylic acids is 1. The number of aromatic nitrogens is 1. The Balaban J connectivity index is 1.52. The van der Waals surface area contributed by atoms with Crippen molar-refractivity contribution in [1.29, 1.82) is 0 Å². The first-order chi connectivity index (χ1) is 12.5. The standard InChI is InChI=1S/C18H18N2O4S2/c21-14(9-20-11-6-2-4-8-13(11)26-18(20)24)19-16-15(17(22)23)10-5-1-3-7-12(10)25-16/h2,4,6,8,15-16H,1,3,5,7,9H2,(H,19,21)(H,22,23). The van der Waals surface area contributed by atoms with E-state index in [0.29, 0.717) is 0 Å². The van der Waals surface area contributed by atoms with Crippen LogP contribution in [0.1, 0.15) is 25.7 Å². The fraction of sp³-hybridized carbons (Fsp3) is 0.389. The molecule has 2 unspecified atom stereocenters. The van der Waals surface area contributed by atoms with E-state index in [1.165, 1.54) is 16.3 Å². The number of carboxylic acid groups (broad SMARTS) is 1. The van der Waals surface area contributed by atoms with Gasteiger partial charge in [0.05, 0.1) is 15.6 Å². The van der Waals surface area contributed by atoms with Crippen LogP contribution in [0.5, 0.6) is 0 Å². The summed E-state index contributed by atoms with van der Waals surface area (Å²) < 4.78 is 2.28. The zero-order valence-electron chi connectivity index (χ0n) is 13.9. The molecule has 8 heteroatoms. The Kier molecular flexibility index (Phi) is 4.62. The lowest BCUT2D eigenvalue weighted by Gasteiger charge is -2.20. The van der Waals surface area contributed by atoms with Gasteiger partial charge in [-0.1, -0.05) is 23.5 Å². The zero-order chi connectivity index (χ0) is 18.3. The fourth-order valence-corrected chi connectivity index (χ4v) is 6.12. The quantitative estimate of drug-likeness (QED) is 0.838. The largest absolute Gasteiger partial charge is 0.481 e. The third-order valence-corrected chi connectivity index (χ3v) is 7.21. The predicted molar refractivity (Wildman–Crippen MR) is 102 cm³/mol. The van der Waals surface area contributed by atoms with Crippen LogP contribution in [0.25, 0.3) is 10.2 Å². The second-order valence-electron chi connectivity index (χ2n) is 6.50. The molecular weight excluding hydrogens is 372 g/mol. The van der Waals surface area contributed by atoms with Crippen LogP contribution in [0.3, 0.4) is 0 Å². The van der Waals surface area contributed by atoms with Crippen molar-refractivity contribution in [3.05, 3.63) is 44.4 Å². The van der Waals surface area contributed by atoms with E-state index < -0.39 is 17.3 Å². The van der Waals surface area contributed by atoms with E-state index in [0.717, 1.165) is 57.7 Å². The minimum Gasteiger partial charge on any atom is -0.481 e. The van der Waals surface area contributed by atoms with E-state index >= 15 is 0 Å². The van der Waals surface area contributed by atoms with Gasteiger partial charge in [-0.25, -0.2) is 0 Å². The predicted octanol–water partition coefficient (Wildman–Crippen LogP) is 2.78. The molecule has 26 heavy (non-hydrogen) atoms. The van der Waals surface area contributed by atoms with Gasteiger partial charge in [0.25, 0.3) is 0 Å². The minimum absolute atomic E-state index is 0.100. The molecule has 1 aliphatic carbocycles. The Bertz CT molecular complexity index is 975. The van der Waals surface area contributed by atoms with Crippen LogP contribution in [0.15, 0.2) is 39.5 Å². The Morgan fingerprint density at radius 2 is 2.00 bits per heavy atom. The average Bonchev–Trinajstić information content (AvgIpc) is 3.12. The number of amides is 1. The van der Waals surface area contributed by atoms with Crippen LogP contribution in [0.2, 0.25) is 0 Å². The van der Waals surface area contributed by atoms with Crippen molar-refractivity contribution in [2.45, 2.75) is 37.6 Å². The number of fused-ring (bicyclic) bond motifs is 1. The summed E-state index contributed by atoms with van der Waals surface area (Å²) in [6.07, 6.45) is 3.75. The molecule has 0 saturated carbocycles. The van der Waals surface area contributed by atoms with Crippen molar-refractivity contribution in [2.75, 3.05) is 0 Å². The molecule has 0 bridgehead atoms. The van der Waals surface area contributed by atoms with Gasteiger partial charge in [0.1, 0.15) is 12.5 Å². The highest BCUT2D eigenvalue weighted by Gasteiger charge is 2.41. The molecule has 0 radical (unpaired) electrons. The number of nitrogens with one attached hydrogen (secondary N) is 1. The zero-order valence-corrected chi connectivity index (χ0v) is 15.6. The molecule has 1 aromatic carbocycles. The summed E-state index contributed by atoms with van der Waals surface area (Å²) in [4.78, 5) is 37.4. The molecule has 2 atom stereocenters. The van der Waals surface area contributed by atoms with E-state index in [1.54, 1.807) is 0 Å². The number of para-hydroxylation sites is 1. The van der Waals surface area contributed by atoms with Crippen LogP contribution < -0.4 is 10.2 Å². The van der Waals surface area contributed by atoms with E-state index in [-0.39, 0.29) is 17.3 Å². The number of hydrogen-bond donors (Lipinski definition) is 2. The Labute approximate surface area is 157 Å². The molecule has 0 fully saturated rings. The van der Waals surface area contributed by atoms with Crippen LogP contribution >= 0.6 is 23.1 Å². The van der Waals surface area contributed by atoms with Crippen molar-refractivity contribution in [1.82, 2.24) is 9.88 Å². The van der Waals surface area contributed by atoms with Crippen LogP contribution in [-0.4, -0.2) is 26.9 Å². The molecule has 1 aliphatic heterocycles. The molecule has 136 valence electrons. The SMILES string of the molecule is O=C(Cn1c(=O)sc2ccccc21)NC1SC2=C(CCCC2)C1C(=O)O. The minimum atomic E-state index is -0.896. The van der Waals surface area contributed by atoms with E-state index in [1.807, 2.05) is 24.3 Å². The number of carbonyl (C=O) groups excluding carboxylic acids is 1. The van der Waals surface area contributed by atoms with Crippen molar-refractivity contribution >= 4 is 45.2 Å². The molecule has 2 aliphatic rings. The summed E-state index contributed by atoms with van der Waals surface area (Å²) in [7, 11) is 0. The number of allylic oxidation sites excluding steroid dienone is 1. The lowest BCUT2D eigenvalue weighted by Crippen LogP contribution is -2.42. The molecular formula is C18H18N2O4S2. The number of rotatable bonds is 4. The highest BCUT2D eigenvalue weighted by Crippen LogP contribution is 2.47. The fourth-order valence-electron chi connectivity index (χ4n) is 3.67. The molecule has 1 amide bonds. The second kappa shape index (κ2) is 6.92. The number of aliphatic carboxylic acids is 1. The molecule has 2 aromatic rings. The van der Waals surface area contributed by atoms with Gasteiger partial charge >= 0.3 is 10.8 Å². The van der Waals surface area contributed by atoms with Gasteiger partial charge in [0.15, 0.2) is 0 Å². The third kappa shape index (κ3) is 3.07. The Hall–Kier alpha value is -2.06. The number of thioether (sulfide) groups is 1. The highest BCUT2D eigenvalue weighted by atomic mass is 32.2. The smallest absolute Gasteiger partial charge is 0.313 e. The normalized spacial score (nSPS) is 22.5. The van der Waals surface area contributed by atoms with Crippen molar-refractivity contribution in [3.8, 4) is 0 Å². The topological polar surface area (TPSA) is 88.4 Å². The summed E-state index contributed by atoms with van der Waals surface area (Å²) in [5, 5.41) is 12.0. The first-order valence-electron chi connectivity index (χ1n) is 8.53. The summed E-state index contributed by atoms with van der Waals surface area (Å²) >= 11 is 2.57. The summed E-state index contributed by atoms with van der Waals surface area (Å²) in [6.45, 7) is -0.100. The Morgan fingerprint density at radius 3 is 2.81 bits per heavy atom. The van der Waals surface area contributed by atoms with E-state index in [2.05, 4.69) is 5.32 Å². The van der Waals surface area contributed by atoms with Gasteiger partial charge in [-0.15, -0.1) is 11.8 Å². The lowest BCUT2D eigenvalue weighted by atomic mass is 9.89. The van der Waals surface area contributed by atoms with Gasteiger partial charge in [-0.05, 0) is 48.3 Å². The van der Waals surface area contributed by atoms with Crippen molar-refractivity contribution in [3.63, 3.8) is 0 Å². The molecule has 0 saturated heterocycles. The number of nitrogens with zero attached hydrogens (tertiary/aromatic N) is 1. The molecule has 2 N–H and O–H groups in total. The second-order valence-corrected chi connectivity index (χ2v) is 8.73. The maximum absolute atomic E-state index is 12.5. The van der Waals surface area contributed by atoms with E-state index in [4.69, 9.17) is 0 Å². The van der Waals surface area contributed by atoms with Crippen molar-refractivity contribution < 1.29 is 14.7 Å². The summed E-state index contributed by atoms with van der Waals surface area (Å²) in [5.41, 5.74) is 1.70. The first-order valence-corrected chi connectivity index (χ1v) is 10.2. The number of benzene rings is 1. The molecule has 0 spiro atoms. The molecule has 1 aromatic heterocycles. The first kappa shape index (κ1) is 17.4. The van der Waals surface area contributed by atoms with Gasteiger partial charge < -0.3 is 10.4 Å². The van der Waals surface area contributed by atoms with Crippen LogP contribution in [0, 0.1) is 5.92 Å². The molecule has 6 nitrogen and oxygen atoms in total. The average molecular weight is 390 g/mol. The van der Waals surface area contributed by atoms with Crippen LogP contribution in [0.4, 0.5) is 0 Å².